The third-order valence-corrected chi connectivity index (χ3v) is 4.70. The quantitative estimate of drug-likeness (QED) is 0.505. The van der Waals surface area contributed by atoms with Crippen LogP contribution in [0.15, 0.2) is 35.5 Å². The Labute approximate surface area is 144 Å². The number of phenolic OH excluding ortho intramolecular Hbond substituents is 1. The molecule has 6 heteroatoms. The highest BCUT2D eigenvalue weighted by molar-refractivity contribution is 6.03. The van der Waals surface area contributed by atoms with Crippen LogP contribution in [-0.2, 0) is 12.8 Å². The molecule has 0 saturated heterocycles. The molecule has 0 spiro atoms. The minimum absolute atomic E-state index is 0.190. The van der Waals surface area contributed by atoms with E-state index in [-0.39, 0.29) is 12.5 Å². The van der Waals surface area contributed by atoms with E-state index in [0.29, 0.717) is 12.1 Å². The topological polar surface area (TPSA) is 78.9 Å². The molecule has 0 saturated carbocycles. The number of fused-ring (bicyclic) bond motifs is 1. The van der Waals surface area contributed by atoms with Crippen molar-refractivity contribution in [3.63, 3.8) is 0 Å². The number of aliphatic imine (C=N–C) groups is 1. The number of aromatic amines is 1. The van der Waals surface area contributed by atoms with E-state index in [1.54, 1.807) is 6.21 Å². The normalized spacial score (nSPS) is 15.0. The number of anilines is 1. The second kappa shape index (κ2) is 5.44. The van der Waals surface area contributed by atoms with Gasteiger partial charge in [-0.05, 0) is 35.7 Å². The summed E-state index contributed by atoms with van der Waals surface area (Å²) in [5.41, 5.74) is 4.64. The highest BCUT2D eigenvalue weighted by Gasteiger charge is 2.18. The molecule has 0 fully saturated rings. The van der Waals surface area contributed by atoms with Crippen LogP contribution >= 0.6 is 0 Å². The molecule has 1 aromatic heterocycles. The summed E-state index contributed by atoms with van der Waals surface area (Å²) >= 11 is 0. The maximum absolute atomic E-state index is 10.5. The first kappa shape index (κ1) is 14.2. The van der Waals surface area contributed by atoms with Crippen LogP contribution in [0.2, 0.25) is 0 Å². The second-order valence-electron chi connectivity index (χ2n) is 6.24. The second-order valence-corrected chi connectivity index (χ2v) is 6.24. The predicted molar refractivity (Wildman–Crippen MR) is 96.6 cm³/mol. The number of rotatable bonds is 3. The molecule has 0 unspecified atom stereocenters. The molecule has 126 valence electrons. The molecule has 2 aliphatic heterocycles. The van der Waals surface area contributed by atoms with Crippen molar-refractivity contribution in [2.24, 2.45) is 4.99 Å². The molecule has 3 aromatic rings. The van der Waals surface area contributed by atoms with Crippen LogP contribution < -0.4 is 14.8 Å². The highest BCUT2D eigenvalue weighted by Crippen LogP contribution is 2.42. The first-order valence-electron chi connectivity index (χ1n) is 8.30. The van der Waals surface area contributed by atoms with Gasteiger partial charge in [0.2, 0.25) is 6.79 Å². The van der Waals surface area contributed by atoms with E-state index in [1.165, 1.54) is 5.56 Å². The molecule has 2 aromatic carbocycles. The van der Waals surface area contributed by atoms with Crippen molar-refractivity contribution in [2.45, 2.75) is 12.8 Å². The van der Waals surface area contributed by atoms with Gasteiger partial charge in [0.1, 0.15) is 5.69 Å². The van der Waals surface area contributed by atoms with Gasteiger partial charge in [0.25, 0.3) is 0 Å². The molecule has 0 amide bonds. The first-order valence-corrected chi connectivity index (χ1v) is 8.30. The molecule has 0 bridgehead atoms. The Hall–Kier alpha value is -3.15. The number of nitrogens with one attached hydrogen (secondary N) is 2. The van der Waals surface area contributed by atoms with Crippen LogP contribution in [0.5, 0.6) is 17.2 Å². The number of aromatic nitrogens is 1. The lowest BCUT2D eigenvalue weighted by atomic mass is 10.0. The SMILES string of the molecule is Oc1c(N=CCc2ccc3c(c2)OCO3)cc2c3c(c[nH]c13)CCN2. The molecule has 6 nitrogen and oxygen atoms in total. The number of phenols is 1. The van der Waals surface area contributed by atoms with Gasteiger partial charge in [0.05, 0.1) is 5.52 Å². The molecule has 25 heavy (non-hydrogen) atoms. The Kier molecular flexibility index (Phi) is 3.09. The van der Waals surface area contributed by atoms with Crippen LogP contribution in [0.4, 0.5) is 11.4 Å². The summed E-state index contributed by atoms with van der Waals surface area (Å²) in [4.78, 5) is 7.65. The minimum atomic E-state index is 0.190. The van der Waals surface area contributed by atoms with Crippen LogP contribution in [0.3, 0.4) is 0 Å². The summed E-state index contributed by atoms with van der Waals surface area (Å²) in [5.74, 6) is 1.73. The average molecular weight is 335 g/mol. The van der Waals surface area contributed by atoms with Gasteiger partial charge < -0.3 is 24.9 Å². The summed E-state index contributed by atoms with van der Waals surface area (Å²) in [6, 6.07) is 7.76. The van der Waals surface area contributed by atoms with Crippen molar-refractivity contribution in [3.8, 4) is 17.2 Å². The van der Waals surface area contributed by atoms with Gasteiger partial charge in [-0.25, -0.2) is 0 Å². The Morgan fingerprint density at radius 3 is 3.08 bits per heavy atom. The Morgan fingerprint density at radius 1 is 1.20 bits per heavy atom. The Balaban J connectivity index is 1.44. The predicted octanol–water partition coefficient (Wildman–Crippen LogP) is 3.52. The van der Waals surface area contributed by atoms with Crippen molar-refractivity contribution in [3.05, 3.63) is 41.6 Å². The van der Waals surface area contributed by atoms with Gasteiger partial charge >= 0.3 is 0 Å². The zero-order valence-corrected chi connectivity index (χ0v) is 13.5. The zero-order valence-electron chi connectivity index (χ0n) is 13.5. The van der Waals surface area contributed by atoms with Crippen LogP contribution in [-0.4, -0.2) is 29.6 Å². The molecule has 3 N–H and O–H groups in total. The highest BCUT2D eigenvalue weighted by atomic mass is 16.7. The largest absolute Gasteiger partial charge is 0.504 e. The van der Waals surface area contributed by atoms with Crippen molar-refractivity contribution in [2.75, 3.05) is 18.7 Å². The molecule has 3 heterocycles. The van der Waals surface area contributed by atoms with Crippen molar-refractivity contribution in [1.82, 2.24) is 4.98 Å². The molecular formula is C19H17N3O3. The number of ether oxygens (including phenoxy) is 2. The van der Waals surface area contributed by atoms with E-state index in [1.807, 2.05) is 30.5 Å². The minimum Gasteiger partial charge on any atom is -0.504 e. The zero-order chi connectivity index (χ0) is 16.8. The third-order valence-electron chi connectivity index (χ3n) is 4.70. The maximum atomic E-state index is 10.5. The van der Waals surface area contributed by atoms with E-state index in [4.69, 9.17) is 9.47 Å². The van der Waals surface area contributed by atoms with Gasteiger partial charge in [-0.2, -0.15) is 0 Å². The fourth-order valence-corrected chi connectivity index (χ4v) is 3.45. The summed E-state index contributed by atoms with van der Waals surface area (Å²) < 4.78 is 10.7. The fraction of sp³-hybridized carbons (Fsp3) is 0.211. The molecule has 2 aliphatic rings. The van der Waals surface area contributed by atoms with Crippen molar-refractivity contribution >= 4 is 28.5 Å². The van der Waals surface area contributed by atoms with Crippen molar-refractivity contribution < 1.29 is 14.6 Å². The smallest absolute Gasteiger partial charge is 0.231 e. The van der Waals surface area contributed by atoms with E-state index in [0.717, 1.165) is 46.6 Å². The number of nitrogens with zero attached hydrogens (tertiary/aromatic N) is 1. The third kappa shape index (κ3) is 2.29. The van der Waals surface area contributed by atoms with Gasteiger partial charge in [0.15, 0.2) is 17.2 Å². The molecule has 0 radical (unpaired) electrons. The standard InChI is InChI=1S/C19H17N3O3/c23-19-14(8-13-17-12(4-6-20-13)9-22-18(17)19)21-5-3-11-1-2-15-16(7-11)25-10-24-15/h1-2,5,7-9,20,22-23H,3-4,6,10H2. The van der Waals surface area contributed by atoms with Gasteiger partial charge in [-0.15, -0.1) is 0 Å². The number of hydrogen-bond acceptors (Lipinski definition) is 5. The van der Waals surface area contributed by atoms with Crippen molar-refractivity contribution in [1.29, 1.82) is 0 Å². The van der Waals surface area contributed by atoms with Crippen LogP contribution in [0, 0.1) is 0 Å². The summed E-state index contributed by atoms with van der Waals surface area (Å²) in [7, 11) is 0. The molecule has 0 aliphatic carbocycles. The summed E-state index contributed by atoms with van der Waals surface area (Å²) in [6.45, 7) is 1.17. The number of H-pyrrole nitrogens is 1. The van der Waals surface area contributed by atoms with Gasteiger partial charge in [-0.3, -0.25) is 4.99 Å². The molecule has 5 rings (SSSR count). The van der Waals surface area contributed by atoms with E-state index in [9.17, 15) is 5.11 Å². The average Bonchev–Trinajstić information content (AvgIpc) is 3.26. The van der Waals surface area contributed by atoms with Crippen LogP contribution in [0.25, 0.3) is 10.9 Å². The number of hydrogen-bond donors (Lipinski definition) is 3. The lowest BCUT2D eigenvalue weighted by molar-refractivity contribution is 0.174. The van der Waals surface area contributed by atoms with E-state index in [2.05, 4.69) is 15.3 Å². The molecular weight excluding hydrogens is 318 g/mol. The van der Waals surface area contributed by atoms with E-state index < -0.39 is 0 Å². The van der Waals surface area contributed by atoms with Crippen LogP contribution in [0.1, 0.15) is 11.1 Å². The first-order chi connectivity index (χ1) is 12.3. The monoisotopic (exact) mass is 335 g/mol. The molecule has 0 atom stereocenters. The Morgan fingerprint density at radius 2 is 2.12 bits per heavy atom. The lowest BCUT2D eigenvalue weighted by Gasteiger charge is -2.16. The fourth-order valence-electron chi connectivity index (χ4n) is 3.45. The Bertz CT molecular complexity index is 1010. The lowest BCUT2D eigenvalue weighted by Crippen LogP contribution is -2.09. The summed E-state index contributed by atoms with van der Waals surface area (Å²) in [5, 5.41) is 15.0. The summed E-state index contributed by atoms with van der Waals surface area (Å²) in [6.07, 6.45) is 5.37. The maximum Gasteiger partial charge on any atom is 0.231 e. The van der Waals surface area contributed by atoms with Gasteiger partial charge in [-0.1, -0.05) is 6.07 Å². The van der Waals surface area contributed by atoms with E-state index >= 15 is 0 Å². The number of aromatic hydroxyl groups is 1. The number of benzene rings is 2. The van der Waals surface area contributed by atoms with Gasteiger partial charge in [0, 0.05) is 36.5 Å².